The molecule has 0 aliphatic heterocycles. The van der Waals surface area contributed by atoms with Gasteiger partial charge in [-0.15, -0.1) is 5.92 Å². The van der Waals surface area contributed by atoms with E-state index in [1.807, 2.05) is 13.0 Å². The zero-order chi connectivity index (χ0) is 8.10. The largest absolute Gasteiger partial charge is 0.325 e. The van der Waals surface area contributed by atoms with Gasteiger partial charge in [0.25, 0.3) is 0 Å². The van der Waals surface area contributed by atoms with Crippen molar-refractivity contribution in [3.05, 3.63) is 18.0 Å². The lowest BCUT2D eigenvalue weighted by atomic mass is 10.4. The molecule has 1 aromatic rings. The predicted octanol–water partition coefficient (Wildman–Crippen LogP) is 0.365. The van der Waals surface area contributed by atoms with E-state index in [1.165, 1.54) is 0 Å². The molecule has 0 saturated heterocycles. The van der Waals surface area contributed by atoms with Crippen molar-refractivity contribution in [2.75, 3.05) is 0 Å². The zero-order valence-corrected chi connectivity index (χ0v) is 6.54. The Hall–Kier alpha value is -1.27. The Morgan fingerprint density at radius 2 is 2.55 bits per heavy atom. The van der Waals surface area contributed by atoms with Crippen LogP contribution in [-0.2, 0) is 13.1 Å². The van der Waals surface area contributed by atoms with Crippen LogP contribution in [0.3, 0.4) is 0 Å². The molecule has 0 aliphatic rings. The van der Waals surface area contributed by atoms with Crippen LogP contribution in [0.4, 0.5) is 0 Å². The van der Waals surface area contributed by atoms with Crippen LogP contribution in [-0.4, -0.2) is 9.78 Å². The first-order valence-electron chi connectivity index (χ1n) is 3.49. The molecule has 1 aromatic heterocycles. The Morgan fingerprint density at radius 3 is 3.18 bits per heavy atom. The smallest absolute Gasteiger partial charge is 0.102 e. The summed E-state index contributed by atoms with van der Waals surface area (Å²) >= 11 is 0. The first-order valence-corrected chi connectivity index (χ1v) is 3.49. The molecule has 11 heavy (non-hydrogen) atoms. The van der Waals surface area contributed by atoms with E-state index in [0.717, 1.165) is 5.69 Å². The van der Waals surface area contributed by atoms with Crippen molar-refractivity contribution in [1.82, 2.24) is 9.78 Å². The van der Waals surface area contributed by atoms with Crippen molar-refractivity contribution in [2.24, 2.45) is 5.73 Å². The second-order valence-corrected chi connectivity index (χ2v) is 2.11. The van der Waals surface area contributed by atoms with E-state index in [-0.39, 0.29) is 0 Å². The summed E-state index contributed by atoms with van der Waals surface area (Å²) in [6, 6.07) is 1.90. The third kappa shape index (κ3) is 1.82. The number of nitrogens with zero attached hydrogens (tertiary/aromatic N) is 2. The highest BCUT2D eigenvalue weighted by atomic mass is 15.3. The average Bonchev–Trinajstić information content (AvgIpc) is 2.47. The fourth-order valence-electron chi connectivity index (χ4n) is 0.830. The summed E-state index contributed by atoms with van der Waals surface area (Å²) < 4.78 is 1.80. The Labute approximate surface area is 66.2 Å². The van der Waals surface area contributed by atoms with E-state index < -0.39 is 0 Å². The lowest BCUT2D eigenvalue weighted by Crippen LogP contribution is -2.07. The minimum Gasteiger partial charge on any atom is -0.325 e. The van der Waals surface area contributed by atoms with Crippen LogP contribution in [0, 0.1) is 11.8 Å². The predicted molar refractivity (Wildman–Crippen MR) is 43.6 cm³/mol. The van der Waals surface area contributed by atoms with E-state index in [9.17, 15) is 0 Å². The van der Waals surface area contributed by atoms with Crippen LogP contribution in [0.2, 0.25) is 0 Å². The first-order chi connectivity index (χ1) is 5.38. The van der Waals surface area contributed by atoms with Crippen LogP contribution in [0.1, 0.15) is 12.6 Å². The summed E-state index contributed by atoms with van der Waals surface area (Å²) in [7, 11) is 0. The van der Waals surface area contributed by atoms with Gasteiger partial charge in [0.15, 0.2) is 0 Å². The summed E-state index contributed by atoms with van der Waals surface area (Å²) in [5, 5.41) is 4.06. The maximum atomic E-state index is 5.46. The summed E-state index contributed by atoms with van der Waals surface area (Å²) in [5.74, 6) is 5.73. The van der Waals surface area contributed by atoms with Gasteiger partial charge in [-0.2, -0.15) is 5.10 Å². The van der Waals surface area contributed by atoms with Crippen molar-refractivity contribution in [3.8, 4) is 11.8 Å². The van der Waals surface area contributed by atoms with Crippen LogP contribution < -0.4 is 5.73 Å². The molecule has 3 nitrogen and oxygen atoms in total. The van der Waals surface area contributed by atoms with E-state index in [4.69, 9.17) is 5.73 Å². The van der Waals surface area contributed by atoms with Gasteiger partial charge in [0, 0.05) is 12.7 Å². The van der Waals surface area contributed by atoms with Gasteiger partial charge < -0.3 is 5.73 Å². The lowest BCUT2D eigenvalue weighted by molar-refractivity contribution is 0.669. The molecule has 3 heteroatoms. The number of hydrogen-bond acceptors (Lipinski definition) is 2. The standard InChI is InChI=1S/C8H11N3/c1-2-3-6-11-8(7-9)4-5-10-11/h4-5H,6-7,9H2,1H3. The molecule has 0 bridgehead atoms. The molecule has 0 atom stereocenters. The van der Waals surface area contributed by atoms with Gasteiger partial charge in [0.2, 0.25) is 0 Å². The van der Waals surface area contributed by atoms with Crippen molar-refractivity contribution in [3.63, 3.8) is 0 Å². The maximum Gasteiger partial charge on any atom is 0.102 e. The quantitative estimate of drug-likeness (QED) is 0.617. The molecule has 0 saturated carbocycles. The molecule has 0 aromatic carbocycles. The monoisotopic (exact) mass is 149 g/mol. The van der Waals surface area contributed by atoms with Crippen molar-refractivity contribution in [2.45, 2.75) is 20.0 Å². The molecule has 0 spiro atoms. The summed E-state index contributed by atoms with van der Waals surface area (Å²) in [6.45, 7) is 2.97. The molecule has 1 heterocycles. The topological polar surface area (TPSA) is 43.8 Å². The van der Waals surface area contributed by atoms with E-state index >= 15 is 0 Å². The lowest BCUT2D eigenvalue weighted by Gasteiger charge is -1.98. The Morgan fingerprint density at radius 1 is 1.73 bits per heavy atom. The molecule has 0 amide bonds. The van der Waals surface area contributed by atoms with Crippen LogP contribution in [0.5, 0.6) is 0 Å². The highest BCUT2D eigenvalue weighted by Crippen LogP contribution is 1.95. The fourth-order valence-corrected chi connectivity index (χ4v) is 0.830. The highest BCUT2D eigenvalue weighted by molar-refractivity contribution is 5.03. The number of rotatable bonds is 2. The van der Waals surface area contributed by atoms with Gasteiger partial charge in [-0.25, -0.2) is 0 Å². The van der Waals surface area contributed by atoms with E-state index in [0.29, 0.717) is 13.1 Å². The van der Waals surface area contributed by atoms with Crippen LogP contribution in [0.15, 0.2) is 12.3 Å². The average molecular weight is 149 g/mol. The second-order valence-electron chi connectivity index (χ2n) is 2.11. The molecule has 0 fully saturated rings. The molecule has 58 valence electrons. The van der Waals surface area contributed by atoms with Crippen LogP contribution >= 0.6 is 0 Å². The first kappa shape index (κ1) is 7.83. The van der Waals surface area contributed by atoms with Gasteiger partial charge in [-0.05, 0) is 13.0 Å². The Balaban J connectivity index is 2.73. The summed E-state index contributed by atoms with van der Waals surface area (Å²) in [5.41, 5.74) is 6.48. The van der Waals surface area contributed by atoms with Crippen LogP contribution in [0.25, 0.3) is 0 Å². The fraction of sp³-hybridized carbons (Fsp3) is 0.375. The molecule has 0 unspecified atom stereocenters. The summed E-state index contributed by atoms with van der Waals surface area (Å²) in [4.78, 5) is 0. The van der Waals surface area contributed by atoms with Gasteiger partial charge in [-0.1, -0.05) is 5.92 Å². The minimum absolute atomic E-state index is 0.519. The molecule has 0 radical (unpaired) electrons. The number of aromatic nitrogens is 2. The normalized spacial score (nSPS) is 8.91. The highest BCUT2D eigenvalue weighted by Gasteiger charge is 1.95. The molecule has 1 rings (SSSR count). The van der Waals surface area contributed by atoms with Gasteiger partial charge in [0.05, 0.1) is 5.69 Å². The van der Waals surface area contributed by atoms with E-state index in [2.05, 4.69) is 16.9 Å². The van der Waals surface area contributed by atoms with Crippen molar-refractivity contribution >= 4 is 0 Å². The number of hydrogen-bond donors (Lipinski definition) is 1. The third-order valence-corrected chi connectivity index (χ3v) is 1.42. The van der Waals surface area contributed by atoms with Crippen molar-refractivity contribution < 1.29 is 0 Å². The minimum atomic E-state index is 0.519. The third-order valence-electron chi connectivity index (χ3n) is 1.42. The Kier molecular flexibility index (Phi) is 2.70. The summed E-state index contributed by atoms with van der Waals surface area (Å²) in [6.07, 6.45) is 1.74. The SMILES string of the molecule is CC#CCn1nccc1CN. The zero-order valence-electron chi connectivity index (χ0n) is 6.54. The maximum absolute atomic E-state index is 5.46. The molecular weight excluding hydrogens is 138 g/mol. The molecular formula is C8H11N3. The van der Waals surface area contributed by atoms with Gasteiger partial charge in [0.1, 0.15) is 6.54 Å². The van der Waals surface area contributed by atoms with Crippen molar-refractivity contribution in [1.29, 1.82) is 0 Å². The van der Waals surface area contributed by atoms with Gasteiger partial charge >= 0.3 is 0 Å². The molecule has 0 aliphatic carbocycles. The Bertz CT molecular complexity index is 277. The second kappa shape index (κ2) is 3.79. The van der Waals surface area contributed by atoms with Gasteiger partial charge in [-0.3, -0.25) is 4.68 Å². The molecule has 2 N–H and O–H groups in total. The number of nitrogens with two attached hydrogens (primary N) is 1. The van der Waals surface area contributed by atoms with E-state index in [1.54, 1.807) is 10.9 Å².